The Morgan fingerprint density at radius 3 is 2.60 bits per heavy atom. The lowest BCUT2D eigenvalue weighted by molar-refractivity contribution is -0.268. The molecule has 0 saturated heterocycles. The SMILES string of the molecule is Cc1ccc(-c2csc(N3N=C4c5ccccc5CC[C@H]4[C@@]3(O)C(F)(F)F)n2)cc1. The summed E-state index contributed by atoms with van der Waals surface area (Å²) in [5.74, 6) is -1.17. The average molecular weight is 429 g/mol. The van der Waals surface area contributed by atoms with E-state index in [2.05, 4.69) is 10.1 Å². The summed E-state index contributed by atoms with van der Waals surface area (Å²) in [6, 6.07) is 14.9. The standard InChI is InChI=1S/C22H18F3N3OS/c1-13-6-8-15(9-7-13)18-12-30-20(26-18)28-21(29,22(23,24)25)17-11-10-14-4-2-3-5-16(14)19(17)27-28/h2-9,12,17,29H,10-11H2,1H3/t17-,21-/m1/s1. The van der Waals surface area contributed by atoms with Gasteiger partial charge in [-0.15, -0.1) is 11.3 Å². The first-order chi connectivity index (χ1) is 14.3. The molecule has 1 aliphatic heterocycles. The van der Waals surface area contributed by atoms with Crippen LogP contribution in [-0.2, 0) is 6.42 Å². The second kappa shape index (κ2) is 6.65. The summed E-state index contributed by atoms with van der Waals surface area (Å²) in [6.07, 6.45) is -4.28. The van der Waals surface area contributed by atoms with Gasteiger partial charge in [-0.25, -0.2) is 4.98 Å². The first-order valence-corrected chi connectivity index (χ1v) is 10.5. The van der Waals surface area contributed by atoms with Gasteiger partial charge >= 0.3 is 6.18 Å². The monoisotopic (exact) mass is 429 g/mol. The van der Waals surface area contributed by atoms with Crippen LogP contribution in [-0.4, -0.2) is 27.7 Å². The molecule has 4 nitrogen and oxygen atoms in total. The minimum absolute atomic E-state index is 0.0183. The molecule has 2 atom stereocenters. The van der Waals surface area contributed by atoms with Crippen LogP contribution in [0.15, 0.2) is 59.0 Å². The van der Waals surface area contributed by atoms with E-state index in [4.69, 9.17) is 0 Å². The van der Waals surface area contributed by atoms with Crippen molar-refractivity contribution in [3.8, 4) is 11.3 Å². The lowest BCUT2D eigenvalue weighted by atomic mass is 9.77. The van der Waals surface area contributed by atoms with E-state index >= 15 is 0 Å². The summed E-state index contributed by atoms with van der Waals surface area (Å²) >= 11 is 1.04. The van der Waals surface area contributed by atoms with Gasteiger partial charge in [0.1, 0.15) is 0 Å². The van der Waals surface area contributed by atoms with Crippen molar-refractivity contribution >= 4 is 22.2 Å². The van der Waals surface area contributed by atoms with Crippen LogP contribution in [0.1, 0.15) is 23.1 Å². The number of aliphatic hydroxyl groups is 1. The molecule has 1 N–H and O–H groups in total. The third-order valence-corrected chi connectivity index (χ3v) is 6.60. The van der Waals surface area contributed by atoms with Crippen LogP contribution in [0.25, 0.3) is 11.3 Å². The average Bonchev–Trinajstić information content (AvgIpc) is 3.32. The van der Waals surface area contributed by atoms with E-state index in [0.717, 1.165) is 28.0 Å². The lowest BCUT2D eigenvalue weighted by Gasteiger charge is -2.38. The molecule has 8 heteroatoms. The predicted molar refractivity (Wildman–Crippen MR) is 111 cm³/mol. The van der Waals surface area contributed by atoms with Crippen LogP contribution in [0.3, 0.4) is 0 Å². The molecule has 2 heterocycles. The second-order valence-electron chi connectivity index (χ2n) is 7.65. The van der Waals surface area contributed by atoms with Crippen LogP contribution in [0, 0.1) is 12.8 Å². The molecular formula is C22H18F3N3OS. The molecule has 0 radical (unpaired) electrons. The van der Waals surface area contributed by atoms with Crippen molar-refractivity contribution in [2.45, 2.75) is 31.7 Å². The van der Waals surface area contributed by atoms with Crippen LogP contribution < -0.4 is 5.01 Å². The number of rotatable bonds is 2. The van der Waals surface area contributed by atoms with E-state index in [0.29, 0.717) is 22.7 Å². The molecule has 1 aliphatic carbocycles. The molecular weight excluding hydrogens is 411 g/mol. The normalized spacial score (nSPS) is 23.2. The maximum absolute atomic E-state index is 14.2. The molecule has 0 bridgehead atoms. The van der Waals surface area contributed by atoms with E-state index in [9.17, 15) is 18.3 Å². The zero-order valence-corrected chi connectivity index (χ0v) is 16.8. The molecule has 0 fully saturated rings. The number of anilines is 1. The molecule has 2 aromatic carbocycles. The van der Waals surface area contributed by atoms with Crippen molar-refractivity contribution in [3.63, 3.8) is 0 Å². The number of nitrogens with zero attached hydrogens (tertiary/aromatic N) is 3. The first kappa shape index (κ1) is 19.3. The fourth-order valence-corrected chi connectivity index (χ4v) is 5.02. The van der Waals surface area contributed by atoms with Crippen molar-refractivity contribution in [2.75, 3.05) is 5.01 Å². The van der Waals surface area contributed by atoms with Crippen LogP contribution in [0.2, 0.25) is 0 Å². The molecule has 5 rings (SSSR count). The summed E-state index contributed by atoms with van der Waals surface area (Å²) in [5.41, 5.74) is 1.17. The molecule has 0 saturated carbocycles. The number of halogens is 3. The van der Waals surface area contributed by atoms with Crippen molar-refractivity contribution in [1.82, 2.24) is 4.98 Å². The number of benzene rings is 2. The van der Waals surface area contributed by atoms with Gasteiger partial charge in [-0.3, -0.25) is 0 Å². The summed E-state index contributed by atoms with van der Waals surface area (Å²) in [7, 11) is 0. The Labute approximate surface area is 175 Å². The molecule has 2 aliphatic rings. The van der Waals surface area contributed by atoms with Gasteiger partial charge in [-0.2, -0.15) is 23.3 Å². The summed E-state index contributed by atoms with van der Waals surface area (Å²) < 4.78 is 42.6. The minimum Gasteiger partial charge on any atom is -0.362 e. The fourth-order valence-electron chi connectivity index (χ4n) is 4.18. The topological polar surface area (TPSA) is 48.7 Å². The van der Waals surface area contributed by atoms with Crippen molar-refractivity contribution in [1.29, 1.82) is 0 Å². The largest absolute Gasteiger partial charge is 0.439 e. The third kappa shape index (κ3) is 2.78. The Morgan fingerprint density at radius 1 is 1.13 bits per heavy atom. The predicted octanol–water partition coefficient (Wildman–Crippen LogP) is 5.16. The molecule has 1 aromatic heterocycles. The summed E-state index contributed by atoms with van der Waals surface area (Å²) in [6.45, 7) is 1.96. The highest BCUT2D eigenvalue weighted by molar-refractivity contribution is 7.14. The zero-order chi connectivity index (χ0) is 21.1. The Balaban J connectivity index is 1.61. The molecule has 0 unspecified atom stereocenters. The van der Waals surface area contributed by atoms with Gasteiger partial charge in [0, 0.05) is 16.5 Å². The quantitative estimate of drug-likeness (QED) is 0.613. The van der Waals surface area contributed by atoms with E-state index in [1.54, 1.807) is 17.5 Å². The Kier molecular flexibility index (Phi) is 4.27. The molecule has 0 amide bonds. The number of thiazole rings is 1. The number of hydrogen-bond acceptors (Lipinski definition) is 5. The maximum atomic E-state index is 14.2. The highest BCUT2D eigenvalue weighted by atomic mass is 32.1. The van der Waals surface area contributed by atoms with Crippen molar-refractivity contribution < 1.29 is 18.3 Å². The first-order valence-electron chi connectivity index (χ1n) is 9.57. The summed E-state index contributed by atoms with van der Waals surface area (Å²) in [4.78, 5) is 4.39. The fraction of sp³-hybridized carbons (Fsp3) is 0.273. The van der Waals surface area contributed by atoms with Crippen LogP contribution in [0.4, 0.5) is 18.3 Å². The Hall–Kier alpha value is -2.71. The number of fused-ring (bicyclic) bond motifs is 3. The number of alkyl halides is 3. The third-order valence-electron chi connectivity index (χ3n) is 5.78. The Morgan fingerprint density at radius 2 is 1.87 bits per heavy atom. The van der Waals surface area contributed by atoms with Gasteiger partial charge < -0.3 is 5.11 Å². The van der Waals surface area contributed by atoms with E-state index in [-0.39, 0.29) is 17.3 Å². The molecule has 3 aromatic rings. The van der Waals surface area contributed by atoms with Gasteiger partial charge in [0.05, 0.1) is 17.3 Å². The molecule has 0 spiro atoms. The Bertz CT molecular complexity index is 1140. The number of hydrogen-bond donors (Lipinski definition) is 1. The second-order valence-corrected chi connectivity index (χ2v) is 8.49. The van der Waals surface area contributed by atoms with Gasteiger partial charge in [-0.05, 0) is 25.3 Å². The summed E-state index contributed by atoms with van der Waals surface area (Å²) in [5, 5.41) is 17.7. The van der Waals surface area contributed by atoms with Crippen molar-refractivity contribution in [3.05, 3.63) is 70.6 Å². The maximum Gasteiger partial charge on any atom is 0.439 e. The molecule has 30 heavy (non-hydrogen) atoms. The molecule has 154 valence electrons. The highest BCUT2D eigenvalue weighted by Crippen LogP contribution is 2.51. The van der Waals surface area contributed by atoms with Crippen molar-refractivity contribution in [2.24, 2.45) is 11.0 Å². The smallest absolute Gasteiger partial charge is 0.362 e. The van der Waals surface area contributed by atoms with E-state index in [1.807, 2.05) is 43.3 Å². The van der Waals surface area contributed by atoms with Gasteiger partial charge in [0.2, 0.25) is 5.13 Å². The van der Waals surface area contributed by atoms with Crippen LogP contribution in [0.5, 0.6) is 0 Å². The highest BCUT2D eigenvalue weighted by Gasteiger charge is 2.68. The zero-order valence-electron chi connectivity index (χ0n) is 16.0. The van der Waals surface area contributed by atoms with Crippen LogP contribution >= 0.6 is 11.3 Å². The minimum atomic E-state index is -4.90. The number of hydrazone groups is 1. The lowest BCUT2D eigenvalue weighted by Crippen LogP contribution is -2.60. The van der Waals surface area contributed by atoms with Gasteiger partial charge in [-0.1, -0.05) is 54.1 Å². The van der Waals surface area contributed by atoms with Gasteiger partial charge in [0.15, 0.2) is 0 Å². The van der Waals surface area contributed by atoms with E-state index < -0.39 is 17.8 Å². The van der Waals surface area contributed by atoms with Gasteiger partial charge in [0.25, 0.3) is 5.72 Å². The number of aromatic nitrogens is 1. The number of aryl methyl sites for hydroxylation is 2. The van der Waals surface area contributed by atoms with E-state index in [1.165, 1.54) is 0 Å².